The van der Waals surface area contributed by atoms with Gasteiger partial charge < -0.3 is 19.8 Å². The van der Waals surface area contributed by atoms with Crippen molar-refractivity contribution in [3.63, 3.8) is 0 Å². The van der Waals surface area contributed by atoms with E-state index in [2.05, 4.69) is 0 Å². The largest absolute Gasteiger partial charge is 1.00 e. The van der Waals surface area contributed by atoms with Gasteiger partial charge in [-0.25, -0.2) is 0 Å². The Balaban J connectivity index is -0.000000720. The van der Waals surface area contributed by atoms with Crippen molar-refractivity contribution in [3.8, 4) is 0 Å². The molecule has 0 atom stereocenters. The van der Waals surface area contributed by atoms with Crippen LogP contribution in [0, 0.1) is 10.8 Å². The number of carbonyl (C=O) groups excluding carboxylic acids is 2. The second kappa shape index (κ2) is 6.98. The molecule has 0 spiro atoms. The van der Waals surface area contributed by atoms with E-state index >= 15 is 0 Å². The Morgan fingerprint density at radius 2 is 1.33 bits per heavy atom. The van der Waals surface area contributed by atoms with E-state index in [1.807, 2.05) is 0 Å². The monoisotopic (exact) mass is 216 g/mol. The fraction of sp³-hybridized carbons (Fsp3) is 0.778. The van der Waals surface area contributed by atoms with Crippen LogP contribution >= 0.6 is 0 Å². The Morgan fingerprint density at radius 1 is 1.07 bits per heavy atom. The molecule has 0 aromatic rings. The Morgan fingerprint density at radius 3 is 1.33 bits per heavy atom. The molecule has 0 saturated heterocycles. The number of carbonyl (C=O) groups is 2. The molecule has 0 N–H and O–H groups in total. The first-order valence-electron chi connectivity index (χ1n) is 4.13. The minimum Gasteiger partial charge on any atom is -0.549 e. The zero-order valence-corrected chi connectivity index (χ0v) is 12.3. The van der Waals surface area contributed by atoms with Gasteiger partial charge in [-0.1, -0.05) is 27.7 Å². The molecule has 0 aliphatic carbocycles. The van der Waals surface area contributed by atoms with Crippen LogP contribution < -0.4 is 58.6 Å². The van der Waals surface area contributed by atoms with E-state index in [-0.39, 0.29) is 54.8 Å². The fourth-order valence-electron chi connectivity index (χ4n) is 1.51. The molecule has 6 heteroatoms. The second-order valence-electron chi connectivity index (χ2n) is 4.08. The van der Waals surface area contributed by atoms with E-state index in [9.17, 15) is 19.8 Å². The third-order valence-corrected chi connectivity index (χ3v) is 2.51. The first kappa shape index (κ1) is 20.9. The van der Waals surface area contributed by atoms with Crippen molar-refractivity contribution in [3.05, 3.63) is 0 Å². The number of rotatable bonds is 3. The molecule has 0 bridgehead atoms. The summed E-state index contributed by atoms with van der Waals surface area (Å²) in [5.41, 5.74) is -2.83. The fourth-order valence-corrected chi connectivity index (χ4v) is 1.51. The molecule has 0 fully saturated rings. The summed E-state index contributed by atoms with van der Waals surface area (Å²) in [6.07, 6.45) is -0.0405. The van der Waals surface area contributed by atoms with Crippen molar-refractivity contribution >= 4 is 11.9 Å². The van der Waals surface area contributed by atoms with Crippen LogP contribution in [-0.2, 0) is 9.59 Å². The molecular weight excluding hydrogens is 202 g/mol. The molecule has 0 aromatic carbocycles. The number of carboxylic acids is 2. The van der Waals surface area contributed by atoms with Crippen LogP contribution in [0.5, 0.6) is 0 Å². The normalized spacial score (nSPS) is 10.9. The van der Waals surface area contributed by atoms with Crippen LogP contribution in [0.25, 0.3) is 0 Å². The number of hydrogen-bond acceptors (Lipinski definition) is 4. The van der Waals surface area contributed by atoms with Crippen LogP contribution in [0.2, 0.25) is 0 Å². The zero-order chi connectivity index (χ0) is 10.9. The summed E-state index contributed by atoms with van der Waals surface area (Å²) in [5.74, 6) is -3.16. The molecule has 76 valence electrons. The van der Waals surface area contributed by atoms with Gasteiger partial charge in [-0.15, -0.1) is 0 Å². The molecule has 0 aromatic heterocycles. The molecule has 0 unspecified atom stereocenters. The van der Waals surface area contributed by atoms with E-state index in [0.29, 0.717) is 0 Å². The summed E-state index contributed by atoms with van der Waals surface area (Å²) in [5, 5.41) is 21.6. The maximum atomic E-state index is 10.8. The van der Waals surface area contributed by atoms with E-state index in [4.69, 9.17) is 0 Å². The maximum Gasteiger partial charge on any atom is 1.00 e. The van der Waals surface area contributed by atoms with Gasteiger partial charge in [0.2, 0.25) is 0 Å². The number of aliphatic carboxylic acids is 2. The van der Waals surface area contributed by atoms with Crippen molar-refractivity contribution < 1.29 is 68.2 Å². The minimum absolute atomic E-state index is 0. The number of hydrogen-bond donors (Lipinski definition) is 0. The molecular formula is C9H14LiNaO4. The molecule has 0 radical (unpaired) electrons. The van der Waals surface area contributed by atoms with E-state index < -0.39 is 22.8 Å². The van der Waals surface area contributed by atoms with Gasteiger partial charge in [0.15, 0.2) is 0 Å². The van der Waals surface area contributed by atoms with Crippen molar-refractivity contribution in [2.24, 2.45) is 10.8 Å². The summed E-state index contributed by atoms with van der Waals surface area (Å²) >= 11 is 0. The average molecular weight is 216 g/mol. The van der Waals surface area contributed by atoms with Crippen LogP contribution in [-0.4, -0.2) is 11.9 Å². The number of carboxylic acid groups (broad SMARTS) is 2. The summed E-state index contributed by atoms with van der Waals surface area (Å²) in [7, 11) is 0. The predicted molar refractivity (Wildman–Crippen MR) is 42.2 cm³/mol. The van der Waals surface area contributed by atoms with Crippen molar-refractivity contribution in [1.82, 2.24) is 0 Å². The van der Waals surface area contributed by atoms with E-state index in [1.165, 1.54) is 6.92 Å². The smallest absolute Gasteiger partial charge is 0.549 e. The third kappa shape index (κ3) is 3.80. The van der Waals surface area contributed by atoms with Gasteiger partial charge in [0, 0.05) is 0 Å². The predicted octanol–water partition coefficient (Wildman–Crippen LogP) is -7.06. The van der Waals surface area contributed by atoms with Crippen LogP contribution in [0.15, 0.2) is 0 Å². The topological polar surface area (TPSA) is 80.3 Å². The van der Waals surface area contributed by atoms with Gasteiger partial charge >= 0.3 is 48.4 Å². The van der Waals surface area contributed by atoms with Gasteiger partial charge in [-0.3, -0.25) is 0 Å². The Hall–Kier alpha value is 0.537. The first-order valence-corrected chi connectivity index (χ1v) is 4.13. The molecule has 0 amide bonds. The summed E-state index contributed by atoms with van der Waals surface area (Å²) < 4.78 is 0. The van der Waals surface area contributed by atoms with Gasteiger partial charge in [-0.05, 0) is 11.8 Å². The third-order valence-electron chi connectivity index (χ3n) is 2.51. The van der Waals surface area contributed by atoms with E-state index in [1.54, 1.807) is 20.8 Å². The van der Waals surface area contributed by atoms with Crippen LogP contribution in [0.1, 0.15) is 34.1 Å². The SMILES string of the molecule is CCC(C(=O)[O-])(C(=O)[O-])C(C)(C)C.[Li+].[Na+]. The first-order chi connectivity index (χ1) is 5.70. The summed E-state index contributed by atoms with van der Waals surface area (Å²) in [6.45, 7) is 6.13. The van der Waals surface area contributed by atoms with Crippen molar-refractivity contribution in [2.75, 3.05) is 0 Å². The van der Waals surface area contributed by atoms with Crippen molar-refractivity contribution in [1.29, 1.82) is 0 Å². The van der Waals surface area contributed by atoms with Gasteiger partial charge in [0.05, 0.1) is 17.4 Å². The van der Waals surface area contributed by atoms with Gasteiger partial charge in [0.25, 0.3) is 0 Å². The van der Waals surface area contributed by atoms with Gasteiger partial charge in [-0.2, -0.15) is 0 Å². The zero-order valence-electron chi connectivity index (χ0n) is 10.3. The maximum absolute atomic E-state index is 10.8. The Bertz CT molecular complexity index is 221. The van der Waals surface area contributed by atoms with Crippen molar-refractivity contribution in [2.45, 2.75) is 34.1 Å². The molecule has 0 heterocycles. The van der Waals surface area contributed by atoms with Crippen LogP contribution in [0.3, 0.4) is 0 Å². The Kier molecular flexibility index (Phi) is 9.72. The summed E-state index contributed by atoms with van der Waals surface area (Å²) in [4.78, 5) is 21.6. The Labute approximate surface area is 124 Å². The van der Waals surface area contributed by atoms with Gasteiger partial charge in [0.1, 0.15) is 0 Å². The molecule has 15 heavy (non-hydrogen) atoms. The summed E-state index contributed by atoms with van der Waals surface area (Å²) in [6, 6.07) is 0. The molecule has 0 aliphatic rings. The molecule has 0 rings (SSSR count). The van der Waals surface area contributed by atoms with E-state index in [0.717, 1.165) is 0 Å². The average Bonchev–Trinajstić information content (AvgIpc) is 1.83. The van der Waals surface area contributed by atoms with Crippen LogP contribution in [0.4, 0.5) is 0 Å². The molecule has 4 nitrogen and oxygen atoms in total. The second-order valence-corrected chi connectivity index (χ2v) is 4.08. The quantitative estimate of drug-likeness (QED) is 0.347. The molecule has 0 saturated carbocycles. The molecule has 0 aliphatic heterocycles. The minimum atomic E-state index is -1.91. The standard InChI is InChI=1S/C9H16O4.Li.Na/c1-5-9(6(10)11,7(12)13)8(2,3)4;;/h5H2,1-4H3,(H,10,11)(H,12,13);;/q;2*+1/p-2.